The van der Waals surface area contributed by atoms with E-state index in [-0.39, 0.29) is 0 Å². The number of aryl methyl sites for hydroxylation is 1. The first-order valence-electron chi connectivity index (χ1n) is 6.00. The fraction of sp³-hybridized carbons (Fsp3) is 0.0625. The number of thioether (sulfide) groups is 1. The van der Waals surface area contributed by atoms with Crippen LogP contribution in [0.4, 0.5) is 5.69 Å². The SMILES string of the molecule is Cc1ccccc1SC=CC(=S)Nc1ccccc1. The number of benzene rings is 2. The van der Waals surface area contributed by atoms with Gasteiger partial charge in [0.05, 0.1) is 0 Å². The van der Waals surface area contributed by atoms with Crippen LogP contribution in [0.3, 0.4) is 0 Å². The lowest BCUT2D eigenvalue weighted by Gasteiger charge is -2.04. The van der Waals surface area contributed by atoms with E-state index in [1.807, 2.05) is 53.9 Å². The van der Waals surface area contributed by atoms with Crippen molar-refractivity contribution < 1.29 is 0 Å². The lowest BCUT2D eigenvalue weighted by molar-refractivity contribution is 1.31. The average Bonchev–Trinajstić information content (AvgIpc) is 2.42. The number of hydrogen-bond acceptors (Lipinski definition) is 2. The average molecular weight is 285 g/mol. The van der Waals surface area contributed by atoms with Gasteiger partial charge in [0.2, 0.25) is 0 Å². The zero-order valence-electron chi connectivity index (χ0n) is 10.7. The minimum absolute atomic E-state index is 0.715. The van der Waals surface area contributed by atoms with Crippen molar-refractivity contribution in [1.29, 1.82) is 0 Å². The molecule has 2 aromatic rings. The number of anilines is 1. The minimum atomic E-state index is 0.715. The first-order chi connectivity index (χ1) is 9.25. The molecule has 0 bridgehead atoms. The van der Waals surface area contributed by atoms with Crippen molar-refractivity contribution in [1.82, 2.24) is 0 Å². The third-order valence-corrected chi connectivity index (χ3v) is 3.77. The molecule has 96 valence electrons. The number of rotatable bonds is 4. The first kappa shape index (κ1) is 13.8. The molecule has 0 atom stereocenters. The standard InChI is InChI=1S/C16H15NS2/c1-13-7-5-6-10-15(13)19-12-11-16(18)17-14-8-3-2-4-9-14/h2-12H,1H3,(H,17,18). The van der Waals surface area contributed by atoms with Crippen molar-refractivity contribution >= 4 is 34.7 Å². The zero-order chi connectivity index (χ0) is 13.5. The fourth-order valence-electron chi connectivity index (χ4n) is 1.56. The van der Waals surface area contributed by atoms with E-state index >= 15 is 0 Å². The van der Waals surface area contributed by atoms with Crippen LogP contribution in [0.25, 0.3) is 0 Å². The highest BCUT2D eigenvalue weighted by molar-refractivity contribution is 8.02. The summed E-state index contributed by atoms with van der Waals surface area (Å²) in [6, 6.07) is 18.2. The summed E-state index contributed by atoms with van der Waals surface area (Å²) in [4.78, 5) is 1.97. The zero-order valence-corrected chi connectivity index (χ0v) is 12.3. The van der Waals surface area contributed by atoms with Crippen LogP contribution in [0.15, 0.2) is 71.0 Å². The largest absolute Gasteiger partial charge is 0.347 e. The molecule has 1 nitrogen and oxygen atoms in total. The first-order valence-corrected chi connectivity index (χ1v) is 7.29. The summed E-state index contributed by atoms with van der Waals surface area (Å²) in [7, 11) is 0. The van der Waals surface area contributed by atoms with Crippen LogP contribution in [-0.2, 0) is 0 Å². The van der Waals surface area contributed by atoms with Crippen molar-refractivity contribution in [2.45, 2.75) is 11.8 Å². The van der Waals surface area contributed by atoms with Crippen molar-refractivity contribution in [2.24, 2.45) is 0 Å². The van der Waals surface area contributed by atoms with Crippen LogP contribution in [0.2, 0.25) is 0 Å². The Kier molecular flexibility index (Phi) is 5.19. The van der Waals surface area contributed by atoms with Crippen molar-refractivity contribution in [2.75, 3.05) is 5.32 Å². The van der Waals surface area contributed by atoms with E-state index in [9.17, 15) is 0 Å². The van der Waals surface area contributed by atoms with Crippen LogP contribution >= 0.6 is 24.0 Å². The number of para-hydroxylation sites is 1. The Balaban J connectivity index is 1.89. The molecular weight excluding hydrogens is 270 g/mol. The molecule has 0 saturated carbocycles. The number of hydrogen-bond donors (Lipinski definition) is 1. The third kappa shape index (κ3) is 4.54. The van der Waals surface area contributed by atoms with Crippen LogP contribution in [-0.4, -0.2) is 4.99 Å². The van der Waals surface area contributed by atoms with E-state index in [0.717, 1.165) is 5.69 Å². The molecule has 0 saturated heterocycles. The summed E-state index contributed by atoms with van der Waals surface area (Å²) >= 11 is 6.95. The molecule has 2 rings (SSSR count). The molecule has 0 radical (unpaired) electrons. The van der Waals surface area contributed by atoms with Gasteiger partial charge in [0.25, 0.3) is 0 Å². The monoisotopic (exact) mass is 285 g/mol. The summed E-state index contributed by atoms with van der Waals surface area (Å²) in [6.07, 6.45) is 1.92. The molecule has 0 aromatic heterocycles. The molecule has 0 fully saturated rings. The molecule has 0 unspecified atom stereocenters. The summed E-state index contributed by atoms with van der Waals surface area (Å²) in [5.74, 6) is 0. The van der Waals surface area contributed by atoms with Gasteiger partial charge in [0, 0.05) is 10.6 Å². The van der Waals surface area contributed by atoms with E-state index in [2.05, 4.69) is 24.4 Å². The second kappa shape index (κ2) is 7.12. The number of thiocarbonyl (C=S) groups is 1. The van der Waals surface area contributed by atoms with E-state index < -0.39 is 0 Å². The van der Waals surface area contributed by atoms with Gasteiger partial charge in [-0.05, 0) is 42.2 Å². The van der Waals surface area contributed by atoms with Gasteiger partial charge >= 0.3 is 0 Å². The van der Waals surface area contributed by atoms with Gasteiger partial charge in [0.15, 0.2) is 0 Å². The Morgan fingerprint density at radius 1 is 1.05 bits per heavy atom. The summed E-state index contributed by atoms with van der Waals surface area (Å²) in [6.45, 7) is 2.11. The molecule has 3 heteroatoms. The smallest absolute Gasteiger partial charge is 0.104 e. The minimum Gasteiger partial charge on any atom is -0.347 e. The Bertz CT molecular complexity index is 576. The normalized spacial score (nSPS) is 10.6. The maximum Gasteiger partial charge on any atom is 0.104 e. The van der Waals surface area contributed by atoms with Gasteiger partial charge in [-0.15, -0.1) is 0 Å². The molecular formula is C16H15NS2. The topological polar surface area (TPSA) is 12.0 Å². The highest BCUT2D eigenvalue weighted by Gasteiger charge is 1.95. The van der Waals surface area contributed by atoms with Crippen molar-refractivity contribution in [3.05, 3.63) is 71.6 Å². The predicted octanol–water partition coefficient (Wildman–Crippen LogP) is 5.04. The molecule has 2 aromatic carbocycles. The molecule has 0 amide bonds. The molecule has 0 spiro atoms. The molecule has 0 aliphatic rings. The molecule has 0 aliphatic heterocycles. The molecule has 0 heterocycles. The van der Waals surface area contributed by atoms with E-state index in [4.69, 9.17) is 12.2 Å². The van der Waals surface area contributed by atoms with Gasteiger partial charge < -0.3 is 5.32 Å². The Hall–Kier alpha value is -1.58. The van der Waals surface area contributed by atoms with E-state index in [0.29, 0.717) is 4.99 Å². The second-order valence-electron chi connectivity index (χ2n) is 4.04. The number of nitrogens with one attached hydrogen (secondary N) is 1. The van der Waals surface area contributed by atoms with Crippen LogP contribution in [0.1, 0.15) is 5.56 Å². The second-order valence-corrected chi connectivity index (χ2v) is 5.43. The van der Waals surface area contributed by atoms with Crippen molar-refractivity contribution in [3.8, 4) is 0 Å². The summed E-state index contributed by atoms with van der Waals surface area (Å²) in [5, 5.41) is 5.19. The third-order valence-electron chi connectivity index (χ3n) is 2.55. The highest BCUT2D eigenvalue weighted by Crippen LogP contribution is 2.22. The Morgan fingerprint density at radius 2 is 1.74 bits per heavy atom. The highest BCUT2D eigenvalue weighted by atomic mass is 32.2. The van der Waals surface area contributed by atoms with Crippen molar-refractivity contribution in [3.63, 3.8) is 0 Å². The van der Waals surface area contributed by atoms with Gasteiger partial charge in [-0.3, -0.25) is 0 Å². The van der Waals surface area contributed by atoms with E-state index in [1.165, 1.54) is 10.5 Å². The predicted molar refractivity (Wildman–Crippen MR) is 88.8 cm³/mol. The summed E-state index contributed by atoms with van der Waals surface area (Å²) < 4.78 is 0. The quantitative estimate of drug-likeness (QED) is 0.480. The van der Waals surface area contributed by atoms with Crippen LogP contribution in [0.5, 0.6) is 0 Å². The van der Waals surface area contributed by atoms with Gasteiger partial charge in [0.1, 0.15) is 4.99 Å². The Labute approximate surface area is 123 Å². The maximum atomic E-state index is 5.27. The van der Waals surface area contributed by atoms with Crippen LogP contribution < -0.4 is 5.32 Å². The fourth-order valence-corrected chi connectivity index (χ4v) is 2.60. The maximum absolute atomic E-state index is 5.27. The molecule has 19 heavy (non-hydrogen) atoms. The lowest BCUT2D eigenvalue weighted by Crippen LogP contribution is -2.04. The summed E-state index contributed by atoms with van der Waals surface area (Å²) in [5.41, 5.74) is 2.29. The lowest BCUT2D eigenvalue weighted by atomic mass is 10.2. The molecule has 1 N–H and O–H groups in total. The van der Waals surface area contributed by atoms with Gasteiger partial charge in [-0.25, -0.2) is 0 Å². The van der Waals surface area contributed by atoms with Gasteiger partial charge in [-0.1, -0.05) is 60.4 Å². The van der Waals surface area contributed by atoms with Gasteiger partial charge in [-0.2, -0.15) is 0 Å². The molecule has 0 aliphatic carbocycles. The Morgan fingerprint density at radius 3 is 2.47 bits per heavy atom. The van der Waals surface area contributed by atoms with Crippen LogP contribution in [0, 0.1) is 6.92 Å². The van der Waals surface area contributed by atoms with E-state index in [1.54, 1.807) is 11.8 Å².